The van der Waals surface area contributed by atoms with Crippen molar-refractivity contribution < 1.29 is 23.1 Å². The van der Waals surface area contributed by atoms with Crippen LogP contribution in [-0.4, -0.2) is 31.9 Å². The number of amides is 1. The molecule has 0 saturated carbocycles. The van der Waals surface area contributed by atoms with E-state index in [4.69, 9.17) is 16.7 Å². The summed E-state index contributed by atoms with van der Waals surface area (Å²) in [6.45, 7) is 0.278. The predicted octanol–water partition coefficient (Wildman–Crippen LogP) is 3.97. The van der Waals surface area contributed by atoms with Crippen molar-refractivity contribution in [2.24, 2.45) is 0 Å². The lowest BCUT2D eigenvalue weighted by molar-refractivity contribution is -0.136. The van der Waals surface area contributed by atoms with Gasteiger partial charge in [-0.15, -0.1) is 0 Å². The summed E-state index contributed by atoms with van der Waals surface area (Å²) in [5, 5.41) is 11.9. The van der Waals surface area contributed by atoms with Crippen LogP contribution in [0.2, 0.25) is 5.02 Å². The average molecular weight is 471 g/mol. The number of fused-ring (bicyclic) bond motifs is 1. The Bertz CT molecular complexity index is 1310. The van der Waals surface area contributed by atoms with E-state index in [0.717, 1.165) is 5.56 Å². The van der Waals surface area contributed by atoms with E-state index in [9.17, 15) is 18.0 Å². The first kappa shape index (κ1) is 21.9. The number of carbonyl (C=O) groups excluding carboxylic acids is 1. The summed E-state index contributed by atoms with van der Waals surface area (Å²) in [7, 11) is -3.82. The smallest absolute Gasteiger partial charge is 0.307 e. The molecule has 1 heterocycles. The molecule has 0 spiro atoms. The second kappa shape index (κ2) is 8.64. The van der Waals surface area contributed by atoms with Crippen LogP contribution in [-0.2, 0) is 27.7 Å². The molecule has 1 amide bonds. The number of carboxylic acids is 1. The van der Waals surface area contributed by atoms with Gasteiger partial charge >= 0.3 is 5.97 Å². The van der Waals surface area contributed by atoms with Crippen molar-refractivity contribution in [3.05, 3.63) is 88.4 Å². The number of benzene rings is 3. The third kappa shape index (κ3) is 4.46. The zero-order valence-corrected chi connectivity index (χ0v) is 18.4. The monoisotopic (exact) mass is 470 g/mol. The molecule has 0 atom stereocenters. The number of nitrogens with zero attached hydrogens (tertiary/aromatic N) is 1. The molecule has 4 rings (SSSR count). The van der Waals surface area contributed by atoms with E-state index >= 15 is 0 Å². The molecule has 7 nitrogen and oxygen atoms in total. The van der Waals surface area contributed by atoms with Crippen LogP contribution in [0.15, 0.2) is 71.6 Å². The van der Waals surface area contributed by atoms with Crippen LogP contribution in [0.3, 0.4) is 0 Å². The van der Waals surface area contributed by atoms with Crippen LogP contribution in [0.4, 0.5) is 11.4 Å². The van der Waals surface area contributed by atoms with Gasteiger partial charge in [0.2, 0.25) is 0 Å². The van der Waals surface area contributed by atoms with Crippen molar-refractivity contribution in [2.45, 2.75) is 17.7 Å². The summed E-state index contributed by atoms with van der Waals surface area (Å²) < 4.78 is 27.6. The second-order valence-corrected chi connectivity index (χ2v) is 9.65. The predicted molar refractivity (Wildman–Crippen MR) is 122 cm³/mol. The first-order chi connectivity index (χ1) is 15.2. The van der Waals surface area contributed by atoms with Crippen molar-refractivity contribution >= 4 is 44.9 Å². The Morgan fingerprint density at radius 2 is 1.78 bits per heavy atom. The van der Waals surface area contributed by atoms with Crippen LogP contribution in [0.25, 0.3) is 0 Å². The summed E-state index contributed by atoms with van der Waals surface area (Å²) >= 11 is 5.97. The summed E-state index contributed by atoms with van der Waals surface area (Å²) in [6.07, 6.45) is 0.443. The average Bonchev–Trinajstić information content (AvgIpc) is 3.19. The molecule has 32 heavy (non-hydrogen) atoms. The number of rotatable bonds is 6. The van der Waals surface area contributed by atoms with Crippen molar-refractivity contribution in [1.29, 1.82) is 0 Å². The molecule has 9 heteroatoms. The van der Waals surface area contributed by atoms with Gasteiger partial charge in [0.25, 0.3) is 15.9 Å². The van der Waals surface area contributed by atoms with Gasteiger partial charge in [-0.05, 0) is 60.0 Å². The highest BCUT2D eigenvalue weighted by Crippen LogP contribution is 2.34. The number of sulfonamides is 1. The molecule has 3 aromatic carbocycles. The van der Waals surface area contributed by atoms with Crippen LogP contribution >= 0.6 is 11.6 Å². The lowest BCUT2D eigenvalue weighted by Crippen LogP contribution is -2.29. The largest absolute Gasteiger partial charge is 0.481 e. The van der Waals surface area contributed by atoms with Crippen molar-refractivity contribution in [2.75, 3.05) is 16.2 Å². The first-order valence-electron chi connectivity index (χ1n) is 9.77. The fourth-order valence-corrected chi connectivity index (χ4v) is 5.38. The molecule has 0 bridgehead atoms. The highest BCUT2D eigenvalue weighted by molar-refractivity contribution is 7.92. The molecular weight excluding hydrogens is 452 g/mol. The van der Waals surface area contributed by atoms with Crippen molar-refractivity contribution in [3.63, 3.8) is 0 Å². The Labute approximate surface area is 190 Å². The van der Waals surface area contributed by atoms with E-state index in [1.165, 1.54) is 16.4 Å². The van der Waals surface area contributed by atoms with E-state index in [0.29, 0.717) is 33.9 Å². The Balaban J connectivity index is 1.57. The minimum atomic E-state index is -3.82. The van der Waals surface area contributed by atoms with Crippen LogP contribution in [0.5, 0.6) is 0 Å². The molecule has 0 fully saturated rings. The van der Waals surface area contributed by atoms with Crippen LogP contribution < -0.4 is 9.62 Å². The molecule has 0 unspecified atom stereocenters. The van der Waals surface area contributed by atoms with E-state index in [2.05, 4.69) is 5.32 Å². The Morgan fingerprint density at radius 3 is 2.47 bits per heavy atom. The molecule has 164 valence electrons. The van der Waals surface area contributed by atoms with Crippen LogP contribution in [0, 0.1) is 0 Å². The molecule has 0 aromatic heterocycles. The number of halogens is 1. The SMILES string of the molecule is O=C(O)Cc1ccc(NC(=O)c2ccc3c(c2)N(S(=O)(=O)c2cccc(Cl)c2)CC3)cc1. The molecule has 1 aliphatic heterocycles. The second-order valence-electron chi connectivity index (χ2n) is 7.35. The van der Waals surface area contributed by atoms with Gasteiger partial charge in [0, 0.05) is 22.8 Å². The molecular formula is C23H19ClN2O5S. The highest BCUT2D eigenvalue weighted by Gasteiger charge is 2.31. The van der Waals surface area contributed by atoms with Gasteiger partial charge in [0.05, 0.1) is 17.0 Å². The fraction of sp³-hybridized carbons (Fsp3) is 0.130. The summed E-state index contributed by atoms with van der Waals surface area (Å²) in [6, 6.07) is 17.6. The molecule has 2 N–H and O–H groups in total. The van der Waals surface area contributed by atoms with E-state index in [-0.39, 0.29) is 17.9 Å². The zero-order chi connectivity index (χ0) is 22.9. The minimum absolute atomic E-state index is 0.0918. The molecule has 1 aliphatic rings. The summed E-state index contributed by atoms with van der Waals surface area (Å²) in [5.41, 5.74) is 2.74. The maximum Gasteiger partial charge on any atom is 0.307 e. The molecule has 0 radical (unpaired) electrons. The van der Waals surface area contributed by atoms with Gasteiger partial charge in [-0.3, -0.25) is 13.9 Å². The Hall–Kier alpha value is -3.36. The normalized spacial score (nSPS) is 13.0. The van der Waals surface area contributed by atoms with Crippen LogP contribution in [0.1, 0.15) is 21.5 Å². The first-order valence-corrected chi connectivity index (χ1v) is 11.6. The fourth-order valence-electron chi connectivity index (χ4n) is 3.58. The van der Waals surface area contributed by atoms with Crippen molar-refractivity contribution in [1.82, 2.24) is 0 Å². The standard InChI is InChI=1S/C23H19ClN2O5S/c24-18-2-1-3-20(14-18)32(30,31)26-11-10-16-6-7-17(13-21(16)26)23(29)25-19-8-4-15(5-9-19)12-22(27)28/h1-9,13-14H,10-12H2,(H,25,29)(H,27,28). The lowest BCUT2D eigenvalue weighted by Gasteiger charge is -2.20. The van der Waals surface area contributed by atoms with E-state index < -0.39 is 21.9 Å². The van der Waals surface area contributed by atoms with Gasteiger partial charge in [-0.2, -0.15) is 0 Å². The number of hydrogen-bond donors (Lipinski definition) is 2. The van der Waals surface area contributed by atoms with E-state index in [1.54, 1.807) is 54.6 Å². The summed E-state index contributed by atoms with van der Waals surface area (Å²) in [4.78, 5) is 23.6. The third-order valence-corrected chi connectivity index (χ3v) is 7.20. The number of carboxylic acid groups (broad SMARTS) is 1. The Kier molecular flexibility index (Phi) is 5.90. The van der Waals surface area contributed by atoms with Crippen molar-refractivity contribution in [3.8, 4) is 0 Å². The minimum Gasteiger partial charge on any atom is -0.481 e. The number of hydrogen-bond acceptors (Lipinski definition) is 4. The number of anilines is 2. The third-order valence-electron chi connectivity index (χ3n) is 5.15. The molecule has 0 aliphatic carbocycles. The molecule has 3 aromatic rings. The van der Waals surface area contributed by atoms with Gasteiger partial charge in [-0.1, -0.05) is 35.9 Å². The van der Waals surface area contributed by atoms with Gasteiger partial charge in [0.15, 0.2) is 0 Å². The summed E-state index contributed by atoms with van der Waals surface area (Å²) in [5.74, 6) is -1.33. The molecule has 0 saturated heterocycles. The quantitative estimate of drug-likeness (QED) is 0.567. The van der Waals surface area contributed by atoms with Gasteiger partial charge < -0.3 is 10.4 Å². The maximum atomic E-state index is 13.2. The lowest BCUT2D eigenvalue weighted by atomic mass is 10.1. The Morgan fingerprint density at radius 1 is 1.03 bits per heavy atom. The number of nitrogens with one attached hydrogen (secondary N) is 1. The number of aliphatic carboxylic acids is 1. The maximum absolute atomic E-state index is 13.2. The number of carbonyl (C=O) groups is 2. The van der Waals surface area contributed by atoms with E-state index in [1.807, 2.05) is 0 Å². The zero-order valence-electron chi connectivity index (χ0n) is 16.8. The van der Waals surface area contributed by atoms with Gasteiger partial charge in [-0.25, -0.2) is 8.42 Å². The highest BCUT2D eigenvalue weighted by atomic mass is 35.5. The topological polar surface area (TPSA) is 104 Å². The van der Waals surface area contributed by atoms with Gasteiger partial charge in [0.1, 0.15) is 0 Å².